The standard InChI is InChI=1S/C18H12Cl4N2O/c19-14-2-1-3-15(20)13(14)10-24-23-9-12-5-7-18(25-12)11-4-6-16(21)17(22)8-11/h1-9,24H,10H2/b23-9+. The summed E-state index contributed by atoms with van der Waals surface area (Å²) in [4.78, 5) is 0. The highest BCUT2D eigenvalue weighted by Gasteiger charge is 2.07. The highest BCUT2D eigenvalue weighted by atomic mass is 35.5. The lowest BCUT2D eigenvalue weighted by atomic mass is 10.2. The van der Waals surface area contributed by atoms with Gasteiger partial charge in [-0.2, -0.15) is 5.10 Å². The van der Waals surface area contributed by atoms with Gasteiger partial charge in [0.1, 0.15) is 11.5 Å². The summed E-state index contributed by atoms with van der Waals surface area (Å²) >= 11 is 24.2. The molecule has 3 aromatic rings. The van der Waals surface area contributed by atoms with E-state index >= 15 is 0 Å². The van der Waals surface area contributed by atoms with Crippen LogP contribution in [0.25, 0.3) is 11.3 Å². The van der Waals surface area contributed by atoms with Gasteiger partial charge in [0.25, 0.3) is 0 Å². The third kappa shape index (κ3) is 4.50. The fourth-order valence-corrected chi connectivity index (χ4v) is 2.99. The van der Waals surface area contributed by atoms with Crippen molar-refractivity contribution < 1.29 is 4.42 Å². The molecule has 0 amide bonds. The lowest BCUT2D eigenvalue weighted by molar-refractivity contribution is 0.573. The van der Waals surface area contributed by atoms with E-state index in [0.717, 1.165) is 11.1 Å². The first-order chi connectivity index (χ1) is 12.0. The number of halogens is 4. The molecule has 0 saturated carbocycles. The molecule has 3 nitrogen and oxygen atoms in total. The van der Waals surface area contributed by atoms with Crippen LogP contribution in [0.5, 0.6) is 0 Å². The van der Waals surface area contributed by atoms with Gasteiger partial charge in [-0.15, -0.1) is 0 Å². The Hall–Kier alpha value is -1.65. The Labute approximate surface area is 165 Å². The summed E-state index contributed by atoms with van der Waals surface area (Å²) in [7, 11) is 0. The van der Waals surface area contributed by atoms with E-state index in [1.165, 1.54) is 0 Å². The van der Waals surface area contributed by atoms with Gasteiger partial charge in [-0.05, 0) is 42.5 Å². The van der Waals surface area contributed by atoms with Gasteiger partial charge >= 0.3 is 0 Å². The van der Waals surface area contributed by atoms with Crippen LogP contribution in [0.3, 0.4) is 0 Å². The minimum absolute atomic E-state index is 0.412. The molecular formula is C18H12Cl4N2O. The largest absolute Gasteiger partial charge is 0.455 e. The Bertz CT molecular complexity index is 901. The third-order valence-corrected chi connectivity index (χ3v) is 4.88. The van der Waals surface area contributed by atoms with E-state index in [9.17, 15) is 0 Å². The molecular weight excluding hydrogens is 402 g/mol. The van der Waals surface area contributed by atoms with Gasteiger partial charge in [-0.3, -0.25) is 0 Å². The van der Waals surface area contributed by atoms with Crippen molar-refractivity contribution in [2.24, 2.45) is 5.10 Å². The van der Waals surface area contributed by atoms with Gasteiger partial charge in [-0.25, -0.2) is 0 Å². The lowest BCUT2D eigenvalue weighted by Crippen LogP contribution is -2.06. The number of hydrogen-bond acceptors (Lipinski definition) is 3. The molecule has 1 N–H and O–H groups in total. The maximum Gasteiger partial charge on any atom is 0.147 e. The summed E-state index contributed by atoms with van der Waals surface area (Å²) in [6.07, 6.45) is 1.58. The van der Waals surface area contributed by atoms with Crippen molar-refractivity contribution in [1.82, 2.24) is 5.43 Å². The minimum Gasteiger partial charge on any atom is -0.455 e. The van der Waals surface area contributed by atoms with Gasteiger partial charge in [-0.1, -0.05) is 52.5 Å². The van der Waals surface area contributed by atoms with Gasteiger partial charge in [0.15, 0.2) is 0 Å². The summed E-state index contributed by atoms with van der Waals surface area (Å²) in [5.74, 6) is 1.27. The fourth-order valence-electron chi connectivity index (χ4n) is 2.16. The molecule has 2 aromatic carbocycles. The smallest absolute Gasteiger partial charge is 0.147 e. The van der Waals surface area contributed by atoms with Crippen LogP contribution in [0.1, 0.15) is 11.3 Å². The Kier molecular flexibility index (Phi) is 5.92. The Morgan fingerprint density at radius 2 is 1.64 bits per heavy atom. The van der Waals surface area contributed by atoms with E-state index in [1.54, 1.807) is 36.5 Å². The van der Waals surface area contributed by atoms with E-state index in [-0.39, 0.29) is 0 Å². The number of nitrogens with zero attached hydrogens (tertiary/aromatic N) is 1. The monoisotopic (exact) mass is 412 g/mol. The van der Waals surface area contributed by atoms with Crippen molar-refractivity contribution in [2.75, 3.05) is 0 Å². The van der Waals surface area contributed by atoms with Gasteiger partial charge in [0, 0.05) is 21.2 Å². The molecule has 0 aliphatic carbocycles. The highest BCUT2D eigenvalue weighted by Crippen LogP contribution is 2.29. The molecule has 3 rings (SSSR count). The predicted molar refractivity (Wildman–Crippen MR) is 105 cm³/mol. The summed E-state index contributed by atoms with van der Waals surface area (Å²) in [5.41, 5.74) is 4.53. The molecule has 25 heavy (non-hydrogen) atoms. The zero-order valence-corrected chi connectivity index (χ0v) is 15.8. The van der Waals surface area contributed by atoms with Crippen LogP contribution in [0, 0.1) is 0 Å². The molecule has 0 aliphatic heterocycles. The van der Waals surface area contributed by atoms with Gasteiger partial charge in [0.05, 0.1) is 22.8 Å². The van der Waals surface area contributed by atoms with Crippen molar-refractivity contribution >= 4 is 52.6 Å². The fraction of sp³-hybridized carbons (Fsp3) is 0.0556. The number of nitrogens with one attached hydrogen (secondary N) is 1. The minimum atomic E-state index is 0.412. The van der Waals surface area contributed by atoms with Crippen molar-refractivity contribution in [3.8, 4) is 11.3 Å². The first-order valence-corrected chi connectivity index (χ1v) is 8.80. The molecule has 0 unspecified atom stereocenters. The van der Waals surface area contributed by atoms with E-state index in [2.05, 4.69) is 10.5 Å². The second-order valence-electron chi connectivity index (χ2n) is 5.12. The highest BCUT2D eigenvalue weighted by molar-refractivity contribution is 6.42. The number of benzene rings is 2. The van der Waals surface area contributed by atoms with Gasteiger partial charge < -0.3 is 9.84 Å². The molecule has 0 fully saturated rings. The van der Waals surface area contributed by atoms with Crippen molar-refractivity contribution in [2.45, 2.75) is 6.54 Å². The van der Waals surface area contributed by atoms with Crippen molar-refractivity contribution in [1.29, 1.82) is 0 Å². The molecule has 1 heterocycles. The number of hydrogen-bond donors (Lipinski definition) is 1. The SMILES string of the molecule is Clc1ccc(-c2ccc(/C=N/NCc3c(Cl)cccc3Cl)o2)cc1Cl. The van der Waals surface area contributed by atoms with E-state index < -0.39 is 0 Å². The van der Waals surface area contributed by atoms with Crippen LogP contribution < -0.4 is 5.43 Å². The van der Waals surface area contributed by atoms with Gasteiger partial charge in [0.2, 0.25) is 0 Å². The molecule has 0 bridgehead atoms. The lowest BCUT2D eigenvalue weighted by Gasteiger charge is -2.05. The van der Waals surface area contributed by atoms with E-state index in [0.29, 0.717) is 38.2 Å². The van der Waals surface area contributed by atoms with Crippen molar-refractivity contribution in [3.05, 3.63) is 79.9 Å². The quantitative estimate of drug-likeness (QED) is 0.374. The zero-order chi connectivity index (χ0) is 17.8. The Morgan fingerprint density at radius 1 is 0.880 bits per heavy atom. The van der Waals surface area contributed by atoms with Crippen LogP contribution in [0.15, 0.2) is 58.0 Å². The molecule has 1 aromatic heterocycles. The number of hydrazone groups is 1. The van der Waals surface area contributed by atoms with Crippen LogP contribution in [-0.4, -0.2) is 6.21 Å². The summed E-state index contributed by atoms with van der Waals surface area (Å²) < 4.78 is 5.72. The number of rotatable bonds is 5. The molecule has 0 spiro atoms. The zero-order valence-electron chi connectivity index (χ0n) is 12.8. The first kappa shape index (κ1) is 18.2. The van der Waals surface area contributed by atoms with E-state index in [4.69, 9.17) is 50.8 Å². The first-order valence-electron chi connectivity index (χ1n) is 7.28. The third-order valence-electron chi connectivity index (χ3n) is 3.43. The maximum atomic E-state index is 6.11. The normalized spacial score (nSPS) is 11.2. The second kappa shape index (κ2) is 8.15. The molecule has 0 saturated heterocycles. The van der Waals surface area contributed by atoms with Crippen LogP contribution in [-0.2, 0) is 6.54 Å². The predicted octanol–water partition coefficient (Wildman–Crippen LogP) is 6.68. The topological polar surface area (TPSA) is 37.5 Å². The summed E-state index contributed by atoms with van der Waals surface area (Å²) in [5, 5.41) is 6.29. The Balaban J connectivity index is 1.65. The summed E-state index contributed by atoms with van der Waals surface area (Å²) in [6.45, 7) is 0.412. The number of furan rings is 1. The van der Waals surface area contributed by atoms with Crippen LogP contribution in [0.2, 0.25) is 20.1 Å². The second-order valence-corrected chi connectivity index (χ2v) is 6.75. The van der Waals surface area contributed by atoms with Crippen LogP contribution in [0.4, 0.5) is 0 Å². The summed E-state index contributed by atoms with van der Waals surface area (Å²) in [6, 6.07) is 14.3. The molecule has 0 aliphatic rings. The average Bonchev–Trinajstić information content (AvgIpc) is 3.05. The average molecular weight is 414 g/mol. The molecule has 7 heteroatoms. The van der Waals surface area contributed by atoms with Crippen molar-refractivity contribution in [3.63, 3.8) is 0 Å². The molecule has 0 atom stereocenters. The molecule has 128 valence electrons. The Morgan fingerprint density at radius 3 is 2.36 bits per heavy atom. The van der Waals surface area contributed by atoms with E-state index in [1.807, 2.05) is 18.2 Å². The maximum absolute atomic E-state index is 6.11. The van der Waals surface area contributed by atoms with Crippen LogP contribution >= 0.6 is 46.4 Å². The molecule has 0 radical (unpaired) electrons.